The fourth-order valence-electron chi connectivity index (χ4n) is 1.68. The Kier molecular flexibility index (Phi) is 5.99. The first-order chi connectivity index (χ1) is 9.10. The van der Waals surface area contributed by atoms with Gasteiger partial charge in [-0.2, -0.15) is 0 Å². The molecule has 1 aromatic rings. The molecule has 19 heavy (non-hydrogen) atoms. The van der Waals surface area contributed by atoms with Gasteiger partial charge in [-0.15, -0.1) is 0 Å². The van der Waals surface area contributed by atoms with E-state index in [1.165, 1.54) is 0 Å². The number of carbonyl (C=O) groups excluding carboxylic acids is 2. The average molecular weight is 264 g/mol. The fraction of sp³-hybridized carbons (Fsp3) is 0.500. The Labute approximate surface area is 113 Å². The molecule has 0 aliphatic heterocycles. The highest BCUT2D eigenvalue weighted by Crippen LogP contribution is 2.14. The van der Waals surface area contributed by atoms with Crippen molar-refractivity contribution >= 4 is 12.2 Å². The minimum absolute atomic E-state index is 0.109. The van der Waals surface area contributed by atoms with Crippen molar-refractivity contribution in [1.29, 1.82) is 0 Å². The Balaban J connectivity index is 2.57. The van der Waals surface area contributed by atoms with Gasteiger partial charge < -0.3 is 10.1 Å². The van der Waals surface area contributed by atoms with Crippen LogP contribution in [-0.2, 0) is 4.79 Å². The molecular weight excluding hydrogens is 244 g/mol. The van der Waals surface area contributed by atoms with E-state index < -0.39 is 0 Å². The maximum Gasteiger partial charge on any atom is 0.258 e. The lowest BCUT2D eigenvalue weighted by atomic mass is 10.2. The van der Waals surface area contributed by atoms with Crippen molar-refractivity contribution in [2.45, 2.75) is 39.7 Å². The molecular formula is C14H20N2O3. The van der Waals surface area contributed by atoms with Crippen molar-refractivity contribution < 1.29 is 14.3 Å². The van der Waals surface area contributed by atoms with Gasteiger partial charge in [-0.05, 0) is 31.9 Å². The first kappa shape index (κ1) is 15.1. The van der Waals surface area contributed by atoms with Gasteiger partial charge in [0.05, 0.1) is 0 Å². The van der Waals surface area contributed by atoms with E-state index in [0.29, 0.717) is 12.0 Å². The number of hydrogen-bond donors (Lipinski definition) is 1. The summed E-state index contributed by atoms with van der Waals surface area (Å²) < 4.78 is 5.33. The molecule has 1 rings (SSSR count). The monoisotopic (exact) mass is 264 g/mol. The topological polar surface area (TPSA) is 68.3 Å². The molecule has 1 aromatic heterocycles. The highest BCUT2D eigenvalue weighted by Gasteiger charge is 2.11. The molecule has 0 atom stereocenters. The van der Waals surface area contributed by atoms with Gasteiger partial charge >= 0.3 is 0 Å². The largest absolute Gasteiger partial charge is 0.481 e. The van der Waals surface area contributed by atoms with Gasteiger partial charge in [0.15, 0.2) is 12.9 Å². The van der Waals surface area contributed by atoms with Gasteiger partial charge in [0, 0.05) is 11.7 Å². The first-order valence-electron chi connectivity index (χ1n) is 6.45. The summed E-state index contributed by atoms with van der Waals surface area (Å²) in [7, 11) is 0. The Morgan fingerprint density at radius 1 is 1.42 bits per heavy atom. The molecule has 0 saturated carbocycles. The molecule has 1 N–H and O–H groups in total. The number of hydrogen-bond acceptors (Lipinski definition) is 4. The molecule has 0 saturated heterocycles. The molecule has 5 nitrogen and oxygen atoms in total. The van der Waals surface area contributed by atoms with E-state index >= 15 is 0 Å². The molecule has 0 bridgehead atoms. The third-order valence-corrected chi connectivity index (χ3v) is 2.85. The fourth-order valence-corrected chi connectivity index (χ4v) is 1.68. The summed E-state index contributed by atoms with van der Waals surface area (Å²) >= 11 is 0. The van der Waals surface area contributed by atoms with Gasteiger partial charge in [-0.1, -0.05) is 13.8 Å². The number of aryl methyl sites for hydroxylation is 1. The second kappa shape index (κ2) is 7.51. The van der Waals surface area contributed by atoms with Gasteiger partial charge in [-0.25, -0.2) is 4.98 Å². The maximum absolute atomic E-state index is 11.7. The number of aldehydes is 1. The van der Waals surface area contributed by atoms with E-state index in [0.717, 1.165) is 18.5 Å². The third kappa shape index (κ3) is 4.69. The third-order valence-electron chi connectivity index (χ3n) is 2.85. The van der Waals surface area contributed by atoms with E-state index in [2.05, 4.69) is 10.3 Å². The van der Waals surface area contributed by atoms with Crippen LogP contribution in [0.15, 0.2) is 12.1 Å². The highest BCUT2D eigenvalue weighted by molar-refractivity contribution is 5.79. The second-order valence-electron chi connectivity index (χ2n) is 4.32. The highest BCUT2D eigenvalue weighted by atomic mass is 16.5. The van der Waals surface area contributed by atoms with Crippen LogP contribution in [-0.4, -0.2) is 29.8 Å². The van der Waals surface area contributed by atoms with Crippen molar-refractivity contribution in [3.63, 3.8) is 0 Å². The first-order valence-corrected chi connectivity index (χ1v) is 6.45. The molecule has 0 fully saturated rings. The summed E-state index contributed by atoms with van der Waals surface area (Å²) in [6.45, 7) is 5.71. The van der Waals surface area contributed by atoms with Crippen LogP contribution in [0.5, 0.6) is 5.75 Å². The summed E-state index contributed by atoms with van der Waals surface area (Å²) in [4.78, 5) is 26.6. The van der Waals surface area contributed by atoms with Crippen LogP contribution in [0.2, 0.25) is 0 Å². The molecule has 0 aliphatic carbocycles. The number of pyridine rings is 1. The summed E-state index contributed by atoms with van der Waals surface area (Å²) in [5, 5.41) is 2.86. The lowest BCUT2D eigenvalue weighted by molar-refractivity contribution is -0.123. The predicted molar refractivity (Wildman–Crippen MR) is 72.4 cm³/mol. The normalized spacial score (nSPS) is 10.3. The molecule has 1 heterocycles. The zero-order valence-electron chi connectivity index (χ0n) is 11.6. The van der Waals surface area contributed by atoms with Crippen molar-refractivity contribution in [1.82, 2.24) is 10.3 Å². The minimum atomic E-state index is -0.189. The van der Waals surface area contributed by atoms with Crippen molar-refractivity contribution in [2.75, 3.05) is 6.61 Å². The molecule has 5 heteroatoms. The van der Waals surface area contributed by atoms with Gasteiger partial charge in [-0.3, -0.25) is 9.59 Å². The van der Waals surface area contributed by atoms with E-state index in [4.69, 9.17) is 4.74 Å². The van der Waals surface area contributed by atoms with Crippen molar-refractivity contribution in [3.05, 3.63) is 23.5 Å². The molecule has 0 spiro atoms. The summed E-state index contributed by atoms with van der Waals surface area (Å²) in [5.41, 5.74) is 0.950. The van der Waals surface area contributed by atoms with Crippen molar-refractivity contribution in [2.24, 2.45) is 0 Å². The number of nitrogens with zero attached hydrogens (tertiary/aromatic N) is 1. The molecule has 0 unspecified atom stereocenters. The number of amides is 1. The van der Waals surface area contributed by atoms with Crippen LogP contribution in [0.4, 0.5) is 0 Å². The molecule has 0 radical (unpaired) electrons. The summed E-state index contributed by atoms with van der Waals surface area (Å²) in [5.74, 6) is 0.145. The standard InChI is InChI=1S/C14H20N2O3/c1-4-11(5-2)16-14(18)9-19-13-7-6-10(3)15-12(13)8-17/h6-8,11H,4-5,9H2,1-3H3,(H,16,18). The van der Waals surface area contributed by atoms with E-state index in [1.54, 1.807) is 19.1 Å². The molecule has 104 valence electrons. The number of nitrogens with one attached hydrogen (secondary N) is 1. The van der Waals surface area contributed by atoms with E-state index in [1.807, 2.05) is 13.8 Å². The van der Waals surface area contributed by atoms with Crippen LogP contribution in [0.1, 0.15) is 42.9 Å². The van der Waals surface area contributed by atoms with Gasteiger partial charge in [0.2, 0.25) is 0 Å². The van der Waals surface area contributed by atoms with E-state index in [9.17, 15) is 9.59 Å². The number of carbonyl (C=O) groups is 2. The number of aromatic nitrogens is 1. The Hall–Kier alpha value is -1.91. The lowest BCUT2D eigenvalue weighted by Gasteiger charge is -2.15. The summed E-state index contributed by atoms with van der Waals surface area (Å²) in [6, 6.07) is 3.55. The number of ether oxygens (including phenoxy) is 1. The molecule has 1 amide bonds. The van der Waals surface area contributed by atoms with Gasteiger partial charge in [0.1, 0.15) is 11.4 Å². The second-order valence-corrected chi connectivity index (χ2v) is 4.32. The van der Waals surface area contributed by atoms with Crippen LogP contribution < -0.4 is 10.1 Å². The van der Waals surface area contributed by atoms with Crippen LogP contribution in [0.3, 0.4) is 0 Å². The Morgan fingerprint density at radius 3 is 2.68 bits per heavy atom. The number of rotatable bonds is 7. The maximum atomic E-state index is 11.7. The average Bonchev–Trinajstić information content (AvgIpc) is 2.43. The summed E-state index contributed by atoms with van der Waals surface area (Å²) in [6.07, 6.45) is 2.39. The smallest absolute Gasteiger partial charge is 0.258 e. The van der Waals surface area contributed by atoms with Crippen LogP contribution >= 0.6 is 0 Å². The zero-order valence-corrected chi connectivity index (χ0v) is 11.6. The lowest BCUT2D eigenvalue weighted by Crippen LogP contribution is -2.37. The van der Waals surface area contributed by atoms with Crippen LogP contribution in [0, 0.1) is 6.92 Å². The Morgan fingerprint density at radius 2 is 2.11 bits per heavy atom. The zero-order chi connectivity index (χ0) is 14.3. The predicted octanol–water partition coefficient (Wildman–Crippen LogP) is 1.89. The minimum Gasteiger partial charge on any atom is -0.481 e. The Bertz CT molecular complexity index is 442. The van der Waals surface area contributed by atoms with Gasteiger partial charge in [0.25, 0.3) is 5.91 Å². The quantitative estimate of drug-likeness (QED) is 0.763. The SMILES string of the molecule is CCC(CC)NC(=O)COc1ccc(C)nc1C=O. The van der Waals surface area contributed by atoms with Crippen molar-refractivity contribution in [3.8, 4) is 5.75 Å². The van der Waals surface area contributed by atoms with Crippen LogP contribution in [0.25, 0.3) is 0 Å². The molecule has 0 aromatic carbocycles. The van der Waals surface area contributed by atoms with E-state index in [-0.39, 0.29) is 24.2 Å². The molecule has 0 aliphatic rings.